The third-order valence-corrected chi connectivity index (χ3v) is 12.0. The SMILES string of the molecule is Cc1cn(C2C[C@@]3(O)C[C@@H]4C[C@]4(O[Si](C)(C)C(C)(C)C)[C@H]3O2)c(=S)[nH]c1=O. The Kier molecular flexibility index (Phi) is 4.07. The second-order valence-electron chi connectivity index (χ2n) is 10.2. The van der Waals surface area contributed by atoms with Crippen molar-refractivity contribution in [1.82, 2.24) is 9.55 Å². The van der Waals surface area contributed by atoms with E-state index < -0.39 is 13.9 Å². The van der Waals surface area contributed by atoms with Gasteiger partial charge in [0.15, 0.2) is 13.1 Å². The van der Waals surface area contributed by atoms with Crippen LogP contribution >= 0.6 is 12.2 Å². The molecule has 2 heterocycles. The van der Waals surface area contributed by atoms with Gasteiger partial charge in [0.25, 0.3) is 5.56 Å². The van der Waals surface area contributed by atoms with Gasteiger partial charge in [-0.25, -0.2) is 0 Å². The Bertz CT molecular complexity index is 904. The van der Waals surface area contributed by atoms with Crippen LogP contribution in [0.15, 0.2) is 11.0 Å². The molecule has 1 aromatic heterocycles. The lowest BCUT2D eigenvalue weighted by atomic mass is 9.92. The highest BCUT2D eigenvalue weighted by Gasteiger charge is 2.77. The third kappa shape index (κ3) is 2.83. The highest BCUT2D eigenvalue weighted by Crippen LogP contribution is 2.68. The minimum absolute atomic E-state index is 0.103. The van der Waals surface area contributed by atoms with Gasteiger partial charge < -0.3 is 14.3 Å². The van der Waals surface area contributed by atoms with Gasteiger partial charge in [-0.1, -0.05) is 20.8 Å². The molecule has 1 aromatic rings. The van der Waals surface area contributed by atoms with E-state index in [1.54, 1.807) is 17.7 Å². The van der Waals surface area contributed by atoms with Crippen LogP contribution in [0.2, 0.25) is 18.1 Å². The van der Waals surface area contributed by atoms with Crippen LogP contribution < -0.4 is 5.56 Å². The number of fused-ring (bicyclic) bond motifs is 3. The molecule has 27 heavy (non-hydrogen) atoms. The summed E-state index contributed by atoms with van der Waals surface area (Å²) in [6.07, 6.45) is 3.12. The van der Waals surface area contributed by atoms with Crippen LogP contribution in [0, 0.1) is 17.6 Å². The van der Waals surface area contributed by atoms with Crippen LogP contribution in [0.5, 0.6) is 0 Å². The standard InChI is InChI=1S/C19H30N2O4SSi/c1-11-10-21(16(26)20-14(11)22)13-9-18(23)7-12-8-19(12,15(18)24-13)25-27(5,6)17(2,3)4/h10,12-13,15,23H,7-9H2,1-6H3,(H,20,22,26)/t12-,13?,15+,18+,19-/m1/s1. The van der Waals surface area contributed by atoms with Gasteiger partial charge >= 0.3 is 0 Å². The van der Waals surface area contributed by atoms with Crippen LogP contribution in [-0.4, -0.2) is 40.3 Å². The fraction of sp³-hybridized carbons (Fsp3) is 0.789. The van der Waals surface area contributed by atoms with Gasteiger partial charge in [-0.2, -0.15) is 0 Å². The predicted octanol–water partition coefficient (Wildman–Crippen LogP) is 3.42. The molecule has 8 heteroatoms. The summed E-state index contributed by atoms with van der Waals surface area (Å²) in [5.74, 6) is 0.368. The average molecular weight is 411 g/mol. The number of hydrogen-bond acceptors (Lipinski definition) is 5. The second kappa shape index (κ2) is 5.63. The average Bonchev–Trinajstić information content (AvgIpc) is 2.93. The molecule has 2 saturated carbocycles. The molecule has 2 N–H and O–H groups in total. The van der Waals surface area contributed by atoms with E-state index in [1.807, 2.05) is 0 Å². The number of H-pyrrole nitrogens is 1. The summed E-state index contributed by atoms with van der Waals surface area (Å²) in [7, 11) is -1.99. The van der Waals surface area contributed by atoms with Crippen molar-refractivity contribution in [2.75, 3.05) is 0 Å². The van der Waals surface area contributed by atoms with E-state index >= 15 is 0 Å². The minimum Gasteiger partial charge on any atom is -0.408 e. The number of aryl methyl sites for hydroxylation is 1. The first-order valence-electron chi connectivity index (χ1n) is 9.69. The Hall–Kier alpha value is -0.803. The molecule has 4 rings (SSSR count). The summed E-state index contributed by atoms with van der Waals surface area (Å²) in [6.45, 7) is 12.9. The van der Waals surface area contributed by atoms with Crippen molar-refractivity contribution in [2.45, 2.75) is 88.6 Å². The zero-order valence-electron chi connectivity index (χ0n) is 17.0. The van der Waals surface area contributed by atoms with Crippen LogP contribution in [0.4, 0.5) is 0 Å². The van der Waals surface area contributed by atoms with E-state index in [4.69, 9.17) is 21.4 Å². The molecule has 3 aliphatic rings. The fourth-order valence-electron chi connectivity index (χ4n) is 4.59. The van der Waals surface area contributed by atoms with Crippen molar-refractivity contribution in [3.05, 3.63) is 26.9 Å². The molecule has 2 aliphatic carbocycles. The van der Waals surface area contributed by atoms with E-state index in [9.17, 15) is 9.90 Å². The monoisotopic (exact) mass is 410 g/mol. The zero-order chi connectivity index (χ0) is 20.0. The van der Waals surface area contributed by atoms with Crippen molar-refractivity contribution < 1.29 is 14.3 Å². The van der Waals surface area contributed by atoms with Gasteiger partial charge in [-0.15, -0.1) is 0 Å². The number of aliphatic hydroxyl groups is 1. The summed E-state index contributed by atoms with van der Waals surface area (Å²) in [6, 6.07) is 0. The maximum Gasteiger partial charge on any atom is 0.254 e. The Morgan fingerprint density at radius 1 is 1.37 bits per heavy atom. The van der Waals surface area contributed by atoms with Gasteiger partial charge in [0.1, 0.15) is 12.3 Å². The molecule has 6 nitrogen and oxygen atoms in total. The number of nitrogens with zero attached hydrogens (tertiary/aromatic N) is 1. The molecule has 3 fully saturated rings. The first kappa shape index (κ1) is 19.5. The van der Waals surface area contributed by atoms with Gasteiger partial charge in [0, 0.05) is 18.2 Å². The van der Waals surface area contributed by atoms with Gasteiger partial charge in [-0.3, -0.25) is 14.3 Å². The highest BCUT2D eigenvalue weighted by molar-refractivity contribution is 7.71. The van der Waals surface area contributed by atoms with E-state index in [-0.39, 0.29) is 28.5 Å². The van der Waals surface area contributed by atoms with Crippen molar-refractivity contribution >= 4 is 20.5 Å². The van der Waals surface area contributed by atoms with Crippen LogP contribution in [-0.2, 0) is 9.16 Å². The lowest BCUT2D eigenvalue weighted by Crippen LogP contribution is -2.51. The summed E-state index contributed by atoms with van der Waals surface area (Å²) < 4.78 is 15.3. The number of aromatic amines is 1. The molecule has 5 atom stereocenters. The summed E-state index contributed by atoms with van der Waals surface area (Å²) in [4.78, 5) is 14.5. The first-order chi connectivity index (χ1) is 12.3. The maximum atomic E-state index is 11.8. The van der Waals surface area contributed by atoms with E-state index in [1.165, 1.54) is 0 Å². The number of ether oxygens (including phenoxy) is 1. The van der Waals surface area contributed by atoms with Gasteiger partial charge in [-0.05, 0) is 56.0 Å². The molecular formula is C19H30N2O4SSi. The zero-order valence-corrected chi connectivity index (χ0v) is 18.8. The van der Waals surface area contributed by atoms with E-state index in [2.05, 4.69) is 38.8 Å². The third-order valence-electron chi connectivity index (χ3n) is 7.16. The van der Waals surface area contributed by atoms with Crippen molar-refractivity contribution in [1.29, 1.82) is 0 Å². The van der Waals surface area contributed by atoms with Crippen molar-refractivity contribution in [2.24, 2.45) is 5.92 Å². The van der Waals surface area contributed by atoms with E-state index in [0.717, 1.165) is 6.42 Å². The van der Waals surface area contributed by atoms with Crippen molar-refractivity contribution in [3.63, 3.8) is 0 Å². The topological polar surface area (TPSA) is 76.5 Å². The minimum atomic E-state index is -1.99. The van der Waals surface area contributed by atoms with Crippen LogP contribution in [0.1, 0.15) is 51.8 Å². The summed E-state index contributed by atoms with van der Waals surface area (Å²) in [5, 5.41) is 11.4. The molecule has 1 aliphatic heterocycles. The Morgan fingerprint density at radius 3 is 2.67 bits per heavy atom. The summed E-state index contributed by atoms with van der Waals surface area (Å²) in [5.41, 5.74) is -0.873. The lowest BCUT2D eigenvalue weighted by molar-refractivity contribution is -0.103. The van der Waals surface area contributed by atoms with Gasteiger partial charge in [0.05, 0.1) is 11.2 Å². The smallest absolute Gasteiger partial charge is 0.254 e. The molecule has 0 spiro atoms. The van der Waals surface area contributed by atoms with Crippen LogP contribution in [0.25, 0.3) is 0 Å². The Balaban J connectivity index is 1.64. The molecule has 1 unspecified atom stereocenters. The summed E-state index contributed by atoms with van der Waals surface area (Å²) >= 11 is 5.33. The second-order valence-corrected chi connectivity index (χ2v) is 15.3. The van der Waals surface area contributed by atoms with Crippen molar-refractivity contribution in [3.8, 4) is 0 Å². The number of nitrogens with one attached hydrogen (secondary N) is 1. The molecular weight excluding hydrogens is 380 g/mol. The first-order valence-corrected chi connectivity index (χ1v) is 13.0. The number of aromatic nitrogens is 2. The largest absolute Gasteiger partial charge is 0.408 e. The quantitative estimate of drug-likeness (QED) is 0.590. The molecule has 0 aromatic carbocycles. The predicted molar refractivity (Wildman–Crippen MR) is 108 cm³/mol. The number of rotatable bonds is 3. The van der Waals surface area contributed by atoms with E-state index in [0.29, 0.717) is 29.1 Å². The lowest BCUT2D eigenvalue weighted by Gasteiger charge is -2.41. The maximum absolute atomic E-state index is 11.8. The van der Waals surface area contributed by atoms with Gasteiger partial charge in [0.2, 0.25) is 0 Å². The Labute approximate surface area is 166 Å². The molecule has 150 valence electrons. The Morgan fingerprint density at radius 2 is 2.04 bits per heavy atom. The normalized spacial score (nSPS) is 38.0. The van der Waals surface area contributed by atoms with Crippen LogP contribution in [0.3, 0.4) is 0 Å². The molecule has 0 bridgehead atoms. The highest BCUT2D eigenvalue weighted by atomic mass is 32.1. The fourth-order valence-corrected chi connectivity index (χ4v) is 6.47. The molecule has 0 radical (unpaired) electrons. The molecule has 1 saturated heterocycles. The number of hydrogen-bond donors (Lipinski definition) is 2. The molecule has 0 amide bonds.